The van der Waals surface area contributed by atoms with Gasteiger partial charge in [0.2, 0.25) is 5.88 Å². The van der Waals surface area contributed by atoms with Crippen LogP contribution in [0.15, 0.2) is 36.8 Å². The predicted molar refractivity (Wildman–Crippen MR) is 69.3 cm³/mol. The number of benzene rings is 1. The molecule has 98 valence electrons. The molecule has 0 aliphatic rings. The van der Waals surface area contributed by atoms with Gasteiger partial charge in [0.05, 0.1) is 19.7 Å². The van der Waals surface area contributed by atoms with Gasteiger partial charge in [-0.3, -0.25) is 4.79 Å². The molecule has 0 saturated heterocycles. The van der Waals surface area contributed by atoms with Gasteiger partial charge in [-0.1, -0.05) is 23.7 Å². The standard InChI is InChI=1S/C13H11ClN2O3/c1-18-12(17)6-9-3-2-4-10(5-9)19-13-11(14)7-15-8-16-13/h2-5,7-8H,6H2,1H3. The minimum absolute atomic E-state index is 0.186. The third-order valence-corrected chi connectivity index (χ3v) is 2.58. The fraction of sp³-hybridized carbons (Fsp3) is 0.154. The molecule has 1 heterocycles. The van der Waals surface area contributed by atoms with Crippen LogP contribution in [0.2, 0.25) is 5.02 Å². The topological polar surface area (TPSA) is 61.3 Å². The molecule has 0 aliphatic heterocycles. The van der Waals surface area contributed by atoms with Crippen molar-refractivity contribution in [2.24, 2.45) is 0 Å². The predicted octanol–water partition coefficient (Wildman–Crippen LogP) is 2.64. The first-order chi connectivity index (χ1) is 9.19. The molecule has 1 aromatic heterocycles. The van der Waals surface area contributed by atoms with Crippen LogP contribution < -0.4 is 4.74 Å². The van der Waals surface area contributed by atoms with Gasteiger partial charge in [-0.2, -0.15) is 0 Å². The lowest BCUT2D eigenvalue weighted by Crippen LogP contribution is -2.04. The summed E-state index contributed by atoms with van der Waals surface area (Å²) in [6.45, 7) is 0. The van der Waals surface area contributed by atoms with E-state index in [2.05, 4.69) is 14.7 Å². The van der Waals surface area contributed by atoms with Gasteiger partial charge in [0.15, 0.2) is 0 Å². The van der Waals surface area contributed by atoms with Crippen LogP contribution in [-0.4, -0.2) is 23.0 Å². The Bertz CT molecular complexity index is 590. The van der Waals surface area contributed by atoms with E-state index in [4.69, 9.17) is 16.3 Å². The quantitative estimate of drug-likeness (QED) is 0.805. The van der Waals surface area contributed by atoms with Crippen molar-refractivity contribution < 1.29 is 14.3 Å². The molecule has 0 amide bonds. The third kappa shape index (κ3) is 3.66. The monoisotopic (exact) mass is 278 g/mol. The van der Waals surface area contributed by atoms with Crippen molar-refractivity contribution in [3.05, 3.63) is 47.4 Å². The van der Waals surface area contributed by atoms with Crippen LogP contribution in [0.5, 0.6) is 11.6 Å². The van der Waals surface area contributed by atoms with Crippen molar-refractivity contribution in [2.75, 3.05) is 7.11 Å². The maximum absolute atomic E-state index is 11.2. The minimum atomic E-state index is -0.308. The molecule has 0 aliphatic carbocycles. The Labute approximate surface area is 115 Å². The number of hydrogen-bond acceptors (Lipinski definition) is 5. The number of nitrogens with zero attached hydrogens (tertiary/aromatic N) is 2. The van der Waals surface area contributed by atoms with E-state index >= 15 is 0 Å². The SMILES string of the molecule is COC(=O)Cc1cccc(Oc2ncncc2Cl)c1. The average Bonchev–Trinajstić information content (AvgIpc) is 2.42. The van der Waals surface area contributed by atoms with E-state index in [9.17, 15) is 4.79 Å². The van der Waals surface area contributed by atoms with E-state index in [-0.39, 0.29) is 18.3 Å². The molecular weight excluding hydrogens is 268 g/mol. The second-order valence-electron chi connectivity index (χ2n) is 3.68. The normalized spacial score (nSPS) is 10.0. The minimum Gasteiger partial charge on any atom is -0.469 e. The summed E-state index contributed by atoms with van der Waals surface area (Å²) in [5.41, 5.74) is 0.787. The van der Waals surface area contributed by atoms with Crippen molar-refractivity contribution in [3.8, 4) is 11.6 Å². The zero-order valence-corrected chi connectivity index (χ0v) is 10.9. The summed E-state index contributed by atoms with van der Waals surface area (Å²) in [5.74, 6) is 0.506. The van der Waals surface area contributed by atoms with E-state index < -0.39 is 0 Å². The molecule has 5 nitrogen and oxygen atoms in total. The summed E-state index contributed by atoms with van der Waals surface area (Å²) in [7, 11) is 1.35. The van der Waals surface area contributed by atoms with Crippen LogP contribution in [0.1, 0.15) is 5.56 Å². The number of carbonyl (C=O) groups excluding carboxylic acids is 1. The number of rotatable bonds is 4. The van der Waals surface area contributed by atoms with Crippen molar-refractivity contribution in [2.45, 2.75) is 6.42 Å². The summed E-state index contributed by atoms with van der Waals surface area (Å²) in [4.78, 5) is 18.9. The van der Waals surface area contributed by atoms with Crippen molar-refractivity contribution in [1.29, 1.82) is 0 Å². The van der Waals surface area contributed by atoms with Gasteiger partial charge in [-0.05, 0) is 17.7 Å². The third-order valence-electron chi connectivity index (χ3n) is 2.32. The second kappa shape index (κ2) is 6.15. The van der Waals surface area contributed by atoms with E-state index in [0.29, 0.717) is 10.8 Å². The van der Waals surface area contributed by atoms with Crippen molar-refractivity contribution in [1.82, 2.24) is 9.97 Å². The Morgan fingerprint density at radius 1 is 1.42 bits per heavy atom. The molecular formula is C13H11ClN2O3. The van der Waals surface area contributed by atoms with Gasteiger partial charge in [-0.15, -0.1) is 0 Å². The molecule has 0 radical (unpaired) electrons. The average molecular weight is 279 g/mol. The number of aromatic nitrogens is 2. The van der Waals surface area contributed by atoms with Gasteiger partial charge < -0.3 is 9.47 Å². The molecule has 0 spiro atoms. The molecule has 0 saturated carbocycles. The Kier molecular flexibility index (Phi) is 4.30. The first kappa shape index (κ1) is 13.3. The van der Waals surface area contributed by atoms with Crippen LogP contribution in [0, 0.1) is 0 Å². The molecule has 6 heteroatoms. The number of methoxy groups -OCH3 is 1. The fourth-order valence-electron chi connectivity index (χ4n) is 1.45. The molecule has 1 aromatic carbocycles. The van der Waals surface area contributed by atoms with Crippen LogP contribution in [0.3, 0.4) is 0 Å². The Balaban J connectivity index is 2.15. The summed E-state index contributed by atoms with van der Waals surface area (Å²) < 4.78 is 10.1. The van der Waals surface area contributed by atoms with Crippen LogP contribution in [0.4, 0.5) is 0 Å². The van der Waals surface area contributed by atoms with Gasteiger partial charge >= 0.3 is 5.97 Å². The molecule has 0 unspecified atom stereocenters. The highest BCUT2D eigenvalue weighted by molar-refractivity contribution is 6.31. The highest BCUT2D eigenvalue weighted by atomic mass is 35.5. The van der Waals surface area contributed by atoms with Crippen LogP contribution in [0.25, 0.3) is 0 Å². The van der Waals surface area contributed by atoms with Gasteiger partial charge in [0, 0.05) is 0 Å². The van der Waals surface area contributed by atoms with Gasteiger partial charge in [0.25, 0.3) is 0 Å². The van der Waals surface area contributed by atoms with Crippen LogP contribution in [-0.2, 0) is 16.0 Å². The highest BCUT2D eigenvalue weighted by Crippen LogP contribution is 2.26. The molecule has 19 heavy (non-hydrogen) atoms. The van der Waals surface area contributed by atoms with E-state index in [1.165, 1.54) is 19.6 Å². The molecule has 0 atom stereocenters. The Morgan fingerprint density at radius 2 is 2.26 bits per heavy atom. The molecule has 0 bridgehead atoms. The van der Waals surface area contributed by atoms with Crippen molar-refractivity contribution >= 4 is 17.6 Å². The lowest BCUT2D eigenvalue weighted by Gasteiger charge is -2.07. The maximum atomic E-state index is 11.2. The van der Waals surface area contributed by atoms with E-state index in [1.807, 2.05) is 6.07 Å². The van der Waals surface area contributed by atoms with Gasteiger partial charge in [-0.25, -0.2) is 9.97 Å². The van der Waals surface area contributed by atoms with E-state index in [1.54, 1.807) is 18.2 Å². The Hall–Kier alpha value is -2.14. The zero-order chi connectivity index (χ0) is 13.7. The molecule has 0 fully saturated rings. The maximum Gasteiger partial charge on any atom is 0.309 e. The molecule has 2 aromatic rings. The number of carbonyl (C=O) groups is 1. The van der Waals surface area contributed by atoms with E-state index in [0.717, 1.165) is 5.56 Å². The number of halogens is 1. The van der Waals surface area contributed by atoms with Gasteiger partial charge in [0.1, 0.15) is 17.1 Å². The van der Waals surface area contributed by atoms with Crippen LogP contribution >= 0.6 is 11.6 Å². The smallest absolute Gasteiger partial charge is 0.309 e. The summed E-state index contributed by atoms with van der Waals surface area (Å²) in [6, 6.07) is 7.07. The fourth-order valence-corrected chi connectivity index (χ4v) is 1.59. The second-order valence-corrected chi connectivity index (χ2v) is 4.09. The zero-order valence-electron chi connectivity index (χ0n) is 10.2. The highest BCUT2D eigenvalue weighted by Gasteiger charge is 2.07. The van der Waals surface area contributed by atoms with Crippen molar-refractivity contribution in [3.63, 3.8) is 0 Å². The largest absolute Gasteiger partial charge is 0.469 e. The number of hydrogen-bond donors (Lipinski definition) is 0. The number of ether oxygens (including phenoxy) is 2. The summed E-state index contributed by atoms with van der Waals surface area (Å²) in [6.07, 6.45) is 2.98. The molecule has 0 N–H and O–H groups in total. The first-order valence-electron chi connectivity index (χ1n) is 5.48. The summed E-state index contributed by atoms with van der Waals surface area (Å²) >= 11 is 5.90. The summed E-state index contributed by atoms with van der Waals surface area (Å²) in [5, 5.41) is 0.320. The Morgan fingerprint density at radius 3 is 3.00 bits per heavy atom. The lowest BCUT2D eigenvalue weighted by atomic mass is 10.1. The first-order valence-corrected chi connectivity index (χ1v) is 5.86. The number of esters is 1. The molecule has 2 rings (SSSR count). The lowest BCUT2D eigenvalue weighted by molar-refractivity contribution is -0.139.